The highest BCUT2D eigenvalue weighted by molar-refractivity contribution is 5.88. The van der Waals surface area contributed by atoms with Crippen molar-refractivity contribution in [2.75, 3.05) is 0 Å². The number of ketones is 1. The number of rotatable bonds is 5. The third-order valence-corrected chi connectivity index (χ3v) is 2.49. The van der Waals surface area contributed by atoms with Gasteiger partial charge in [0, 0.05) is 5.41 Å². The van der Waals surface area contributed by atoms with Crippen molar-refractivity contribution < 1.29 is 25.2 Å². The molecular weight excluding hydrogens is 212 g/mol. The lowest BCUT2D eigenvalue weighted by Gasteiger charge is -2.28. The molecule has 0 fully saturated rings. The van der Waals surface area contributed by atoms with Crippen molar-refractivity contribution in [2.45, 2.75) is 58.5 Å². The molecule has 0 radical (unpaired) electrons. The summed E-state index contributed by atoms with van der Waals surface area (Å²) in [5.41, 5.74) is -0.808. The van der Waals surface area contributed by atoms with Crippen molar-refractivity contribution >= 4 is 5.78 Å². The van der Waals surface area contributed by atoms with Crippen LogP contribution in [0.15, 0.2) is 0 Å². The van der Waals surface area contributed by atoms with Gasteiger partial charge in [-0.05, 0) is 6.42 Å². The molecule has 0 aliphatic rings. The summed E-state index contributed by atoms with van der Waals surface area (Å²) in [6.45, 7) is 6.44. The number of aliphatic hydroxyl groups excluding tert-OH is 4. The Morgan fingerprint density at radius 2 is 1.50 bits per heavy atom. The van der Waals surface area contributed by atoms with E-state index in [0.29, 0.717) is 0 Å². The summed E-state index contributed by atoms with van der Waals surface area (Å²) < 4.78 is 0. The molecule has 0 aliphatic heterocycles. The van der Waals surface area contributed by atoms with Crippen LogP contribution in [0.25, 0.3) is 0 Å². The van der Waals surface area contributed by atoms with E-state index in [1.807, 2.05) is 0 Å². The second-order valence-electron chi connectivity index (χ2n) is 5.02. The minimum atomic E-state index is -1.68. The molecule has 16 heavy (non-hydrogen) atoms. The van der Waals surface area contributed by atoms with Crippen molar-refractivity contribution in [1.29, 1.82) is 0 Å². The van der Waals surface area contributed by atoms with Gasteiger partial charge in [-0.15, -0.1) is 0 Å². The molecule has 4 atom stereocenters. The highest BCUT2D eigenvalue weighted by Crippen LogP contribution is 2.20. The molecule has 96 valence electrons. The van der Waals surface area contributed by atoms with Crippen LogP contribution in [0.5, 0.6) is 0 Å². The van der Waals surface area contributed by atoms with E-state index in [0.717, 1.165) is 0 Å². The van der Waals surface area contributed by atoms with E-state index in [-0.39, 0.29) is 6.42 Å². The first-order valence-electron chi connectivity index (χ1n) is 5.39. The van der Waals surface area contributed by atoms with Gasteiger partial charge >= 0.3 is 0 Å². The molecule has 5 heteroatoms. The van der Waals surface area contributed by atoms with Crippen LogP contribution in [0.1, 0.15) is 34.1 Å². The molecule has 0 aromatic carbocycles. The smallest absolute Gasteiger partial charge is 0.169 e. The van der Waals surface area contributed by atoms with E-state index in [9.17, 15) is 25.2 Å². The Labute approximate surface area is 95.7 Å². The van der Waals surface area contributed by atoms with Gasteiger partial charge in [-0.3, -0.25) is 4.79 Å². The average Bonchev–Trinajstić information content (AvgIpc) is 2.22. The van der Waals surface area contributed by atoms with Crippen LogP contribution in [0.4, 0.5) is 0 Å². The molecule has 0 heterocycles. The number of aliphatic hydroxyl groups is 4. The van der Waals surface area contributed by atoms with E-state index >= 15 is 0 Å². The van der Waals surface area contributed by atoms with Crippen molar-refractivity contribution in [3.8, 4) is 0 Å². The molecule has 0 saturated heterocycles. The van der Waals surface area contributed by atoms with Gasteiger partial charge < -0.3 is 20.4 Å². The lowest BCUT2D eigenvalue weighted by atomic mass is 9.84. The topological polar surface area (TPSA) is 98.0 Å². The predicted molar refractivity (Wildman–Crippen MR) is 58.8 cm³/mol. The van der Waals surface area contributed by atoms with Crippen LogP contribution in [0, 0.1) is 5.41 Å². The average molecular weight is 234 g/mol. The molecule has 0 amide bonds. The fourth-order valence-electron chi connectivity index (χ4n) is 1.25. The second kappa shape index (κ2) is 5.72. The van der Waals surface area contributed by atoms with E-state index in [1.54, 1.807) is 27.7 Å². The first-order valence-corrected chi connectivity index (χ1v) is 5.39. The third kappa shape index (κ3) is 3.83. The Morgan fingerprint density at radius 3 is 1.81 bits per heavy atom. The zero-order chi connectivity index (χ0) is 13.1. The highest BCUT2D eigenvalue weighted by Gasteiger charge is 2.38. The normalized spacial score (nSPS) is 20.0. The molecular formula is C11H22O5. The predicted octanol–water partition coefficient (Wildman–Crippen LogP) is -0.545. The zero-order valence-corrected chi connectivity index (χ0v) is 10.2. The van der Waals surface area contributed by atoms with Crippen LogP contribution in [0.3, 0.4) is 0 Å². The molecule has 0 spiro atoms. The Kier molecular flexibility index (Phi) is 5.55. The van der Waals surface area contributed by atoms with Gasteiger partial charge in [0.05, 0.1) is 6.10 Å². The molecule has 0 saturated carbocycles. The van der Waals surface area contributed by atoms with E-state index in [1.165, 1.54) is 0 Å². The largest absolute Gasteiger partial charge is 0.390 e. The molecule has 0 rings (SSSR count). The van der Waals surface area contributed by atoms with Gasteiger partial charge in [0.25, 0.3) is 0 Å². The Bertz CT molecular complexity index is 233. The Balaban J connectivity index is 4.61. The minimum Gasteiger partial charge on any atom is -0.390 e. The van der Waals surface area contributed by atoms with Crippen molar-refractivity contribution in [3.63, 3.8) is 0 Å². The van der Waals surface area contributed by atoms with Crippen LogP contribution in [-0.4, -0.2) is 50.6 Å². The third-order valence-electron chi connectivity index (χ3n) is 2.49. The lowest BCUT2D eigenvalue weighted by Crippen LogP contribution is -2.50. The monoisotopic (exact) mass is 234 g/mol. The zero-order valence-electron chi connectivity index (χ0n) is 10.2. The SMILES string of the molecule is CC[C@@H](O)[C@@H](O)[C@H](O)[C@@H](O)C(=O)C(C)(C)C. The van der Waals surface area contributed by atoms with Gasteiger partial charge in [0.2, 0.25) is 0 Å². The van der Waals surface area contributed by atoms with Gasteiger partial charge in [0.1, 0.15) is 18.3 Å². The standard InChI is InChI=1S/C11H22O5/c1-5-6(12)7(13)8(14)9(15)10(16)11(2,3)4/h6-9,12-15H,5H2,1-4H3/t6-,7-,8+,9-/m1/s1. The molecule has 4 N–H and O–H groups in total. The minimum absolute atomic E-state index is 0.231. The summed E-state index contributed by atoms with van der Waals surface area (Å²) in [7, 11) is 0. The van der Waals surface area contributed by atoms with Crippen molar-refractivity contribution in [1.82, 2.24) is 0 Å². The highest BCUT2D eigenvalue weighted by atomic mass is 16.4. The molecule has 0 bridgehead atoms. The number of carbonyl (C=O) groups excluding carboxylic acids is 1. The lowest BCUT2D eigenvalue weighted by molar-refractivity contribution is -0.151. The molecule has 0 aliphatic carbocycles. The van der Waals surface area contributed by atoms with Gasteiger partial charge in [0.15, 0.2) is 5.78 Å². The van der Waals surface area contributed by atoms with Gasteiger partial charge in [-0.1, -0.05) is 27.7 Å². The Morgan fingerprint density at radius 1 is 1.06 bits per heavy atom. The van der Waals surface area contributed by atoms with E-state index in [4.69, 9.17) is 0 Å². The molecule has 0 aromatic rings. The maximum absolute atomic E-state index is 11.6. The van der Waals surface area contributed by atoms with E-state index < -0.39 is 35.6 Å². The number of carbonyl (C=O) groups is 1. The van der Waals surface area contributed by atoms with Gasteiger partial charge in [-0.25, -0.2) is 0 Å². The van der Waals surface area contributed by atoms with Crippen LogP contribution < -0.4 is 0 Å². The summed E-state index contributed by atoms with van der Waals surface area (Å²) in [5.74, 6) is -0.567. The summed E-state index contributed by atoms with van der Waals surface area (Å²) in [6, 6.07) is 0. The van der Waals surface area contributed by atoms with E-state index in [2.05, 4.69) is 0 Å². The summed E-state index contributed by atoms with van der Waals surface area (Å²) >= 11 is 0. The molecule has 5 nitrogen and oxygen atoms in total. The molecule has 0 unspecified atom stereocenters. The maximum atomic E-state index is 11.6. The van der Waals surface area contributed by atoms with Crippen molar-refractivity contribution in [3.05, 3.63) is 0 Å². The van der Waals surface area contributed by atoms with Crippen LogP contribution in [-0.2, 0) is 4.79 Å². The van der Waals surface area contributed by atoms with Crippen LogP contribution in [0.2, 0.25) is 0 Å². The number of Topliss-reactive ketones (excluding diaryl/α,β-unsaturated/α-hetero) is 1. The van der Waals surface area contributed by atoms with Crippen molar-refractivity contribution in [2.24, 2.45) is 5.41 Å². The number of hydrogen-bond acceptors (Lipinski definition) is 5. The van der Waals surface area contributed by atoms with Gasteiger partial charge in [-0.2, -0.15) is 0 Å². The quantitative estimate of drug-likeness (QED) is 0.512. The fraction of sp³-hybridized carbons (Fsp3) is 0.909. The second-order valence-corrected chi connectivity index (χ2v) is 5.02. The Hall–Kier alpha value is -0.490. The summed E-state index contributed by atoms with van der Waals surface area (Å²) in [4.78, 5) is 11.6. The maximum Gasteiger partial charge on any atom is 0.169 e. The molecule has 0 aromatic heterocycles. The summed E-state index contributed by atoms with van der Waals surface area (Å²) in [5, 5.41) is 37.9. The first-order chi connectivity index (χ1) is 7.12. The van der Waals surface area contributed by atoms with Crippen LogP contribution >= 0.6 is 0 Å². The first kappa shape index (κ1) is 15.5. The number of hydrogen-bond donors (Lipinski definition) is 4. The summed E-state index contributed by atoms with van der Waals surface area (Å²) in [6.07, 6.45) is -5.80. The fourth-order valence-corrected chi connectivity index (χ4v) is 1.25.